The third kappa shape index (κ3) is 3.91. The fourth-order valence-electron chi connectivity index (χ4n) is 2.26. The van der Waals surface area contributed by atoms with Crippen LogP contribution in [0.1, 0.15) is 29.4 Å². The molecular weight excluding hydrogens is 274 g/mol. The van der Waals surface area contributed by atoms with Crippen LogP contribution in [0, 0.1) is 5.92 Å². The highest BCUT2D eigenvalue weighted by atomic mass is 16.4. The maximum atomic E-state index is 12.0. The zero-order chi connectivity index (χ0) is 15.4. The SMILES string of the molecule is CC1CN(C(=O)NCc2ccc(C(=O)O)nc2)CCC1O. The number of nitrogens with zero attached hydrogens (tertiary/aromatic N) is 2. The van der Waals surface area contributed by atoms with Crippen LogP contribution in [0.25, 0.3) is 0 Å². The number of carboxylic acid groups (broad SMARTS) is 1. The molecule has 1 saturated heterocycles. The van der Waals surface area contributed by atoms with E-state index in [4.69, 9.17) is 5.11 Å². The molecule has 3 N–H and O–H groups in total. The van der Waals surface area contributed by atoms with Crippen molar-refractivity contribution in [3.63, 3.8) is 0 Å². The van der Waals surface area contributed by atoms with Gasteiger partial charge < -0.3 is 20.4 Å². The van der Waals surface area contributed by atoms with Crippen LogP contribution in [-0.2, 0) is 6.54 Å². The number of rotatable bonds is 3. The lowest BCUT2D eigenvalue weighted by Crippen LogP contribution is -2.48. The van der Waals surface area contributed by atoms with Gasteiger partial charge in [-0.15, -0.1) is 0 Å². The molecule has 1 aromatic rings. The van der Waals surface area contributed by atoms with E-state index in [9.17, 15) is 14.7 Å². The second kappa shape index (κ2) is 6.53. The summed E-state index contributed by atoms with van der Waals surface area (Å²) in [6, 6.07) is 2.85. The minimum Gasteiger partial charge on any atom is -0.477 e. The lowest BCUT2D eigenvalue weighted by Gasteiger charge is -2.34. The number of aromatic nitrogens is 1. The number of hydrogen-bond donors (Lipinski definition) is 3. The molecule has 0 aliphatic carbocycles. The van der Waals surface area contributed by atoms with Crippen molar-refractivity contribution in [1.29, 1.82) is 0 Å². The second-order valence-corrected chi connectivity index (χ2v) is 5.29. The van der Waals surface area contributed by atoms with E-state index >= 15 is 0 Å². The highest BCUT2D eigenvalue weighted by Gasteiger charge is 2.26. The Bertz CT molecular complexity index is 517. The fraction of sp³-hybridized carbons (Fsp3) is 0.500. The summed E-state index contributed by atoms with van der Waals surface area (Å²) < 4.78 is 0. The van der Waals surface area contributed by atoms with Gasteiger partial charge in [0.25, 0.3) is 0 Å². The van der Waals surface area contributed by atoms with Gasteiger partial charge in [0.15, 0.2) is 0 Å². The van der Waals surface area contributed by atoms with E-state index in [2.05, 4.69) is 10.3 Å². The summed E-state index contributed by atoms with van der Waals surface area (Å²) in [6.07, 6.45) is 1.68. The number of hydrogen-bond acceptors (Lipinski definition) is 4. The van der Waals surface area contributed by atoms with Crippen LogP contribution in [-0.4, -0.2) is 51.3 Å². The predicted octanol–water partition coefficient (Wildman–Crippen LogP) is 0.692. The van der Waals surface area contributed by atoms with Crippen molar-refractivity contribution in [3.05, 3.63) is 29.6 Å². The summed E-state index contributed by atoms with van der Waals surface area (Å²) in [7, 11) is 0. The van der Waals surface area contributed by atoms with Gasteiger partial charge in [0.1, 0.15) is 5.69 Å². The maximum Gasteiger partial charge on any atom is 0.354 e. The average molecular weight is 293 g/mol. The Kier molecular flexibility index (Phi) is 4.74. The summed E-state index contributed by atoms with van der Waals surface area (Å²) >= 11 is 0. The number of carboxylic acids is 1. The molecule has 7 heteroatoms. The molecular formula is C14H19N3O4. The van der Waals surface area contributed by atoms with Gasteiger partial charge in [0.2, 0.25) is 0 Å². The van der Waals surface area contributed by atoms with Crippen LogP contribution >= 0.6 is 0 Å². The topological polar surface area (TPSA) is 103 Å². The summed E-state index contributed by atoms with van der Waals surface area (Å²) in [5.74, 6) is -1.01. The van der Waals surface area contributed by atoms with E-state index < -0.39 is 5.97 Å². The third-order valence-corrected chi connectivity index (χ3v) is 3.63. The first-order valence-corrected chi connectivity index (χ1v) is 6.86. The second-order valence-electron chi connectivity index (χ2n) is 5.29. The molecule has 1 fully saturated rings. The summed E-state index contributed by atoms with van der Waals surface area (Å²) in [6.45, 7) is 3.27. The van der Waals surface area contributed by atoms with Crippen molar-refractivity contribution in [3.8, 4) is 0 Å². The number of pyridine rings is 1. The lowest BCUT2D eigenvalue weighted by atomic mass is 9.97. The molecule has 7 nitrogen and oxygen atoms in total. The molecule has 2 atom stereocenters. The Morgan fingerprint density at radius 3 is 2.81 bits per heavy atom. The normalized spacial score (nSPS) is 21.9. The molecule has 2 unspecified atom stereocenters. The lowest BCUT2D eigenvalue weighted by molar-refractivity contribution is 0.0480. The first-order chi connectivity index (χ1) is 9.97. The van der Waals surface area contributed by atoms with Crippen molar-refractivity contribution in [1.82, 2.24) is 15.2 Å². The quantitative estimate of drug-likeness (QED) is 0.761. The van der Waals surface area contributed by atoms with Crippen LogP contribution in [0.2, 0.25) is 0 Å². The number of piperidine rings is 1. The number of carbonyl (C=O) groups is 2. The molecule has 2 heterocycles. The third-order valence-electron chi connectivity index (χ3n) is 3.63. The summed E-state index contributed by atoms with van der Waals surface area (Å²) in [5.41, 5.74) is 0.711. The monoisotopic (exact) mass is 293 g/mol. The van der Waals surface area contributed by atoms with Gasteiger partial charge in [-0.3, -0.25) is 0 Å². The Balaban J connectivity index is 1.85. The van der Waals surface area contributed by atoms with E-state index in [1.165, 1.54) is 12.3 Å². The number of carbonyl (C=O) groups excluding carboxylic acids is 1. The van der Waals surface area contributed by atoms with E-state index in [0.717, 1.165) is 5.56 Å². The highest BCUT2D eigenvalue weighted by Crippen LogP contribution is 2.16. The van der Waals surface area contributed by atoms with Gasteiger partial charge in [-0.2, -0.15) is 0 Å². The molecule has 1 aliphatic rings. The molecule has 0 saturated carbocycles. The van der Waals surface area contributed by atoms with Crippen molar-refractivity contribution in [2.24, 2.45) is 5.92 Å². The molecule has 0 bridgehead atoms. The number of amides is 2. The molecule has 0 aromatic carbocycles. The molecule has 0 spiro atoms. The number of nitrogens with one attached hydrogen (secondary N) is 1. The van der Waals surface area contributed by atoms with E-state index in [1.54, 1.807) is 11.0 Å². The largest absolute Gasteiger partial charge is 0.477 e. The van der Waals surface area contributed by atoms with Crippen LogP contribution in [0.15, 0.2) is 18.3 Å². The molecule has 2 rings (SSSR count). The Labute approximate surface area is 122 Å². The Hall–Kier alpha value is -2.15. The zero-order valence-corrected chi connectivity index (χ0v) is 11.8. The fourth-order valence-corrected chi connectivity index (χ4v) is 2.26. The first-order valence-electron chi connectivity index (χ1n) is 6.86. The molecule has 1 aliphatic heterocycles. The van der Waals surface area contributed by atoms with Crippen LogP contribution in [0.3, 0.4) is 0 Å². The van der Waals surface area contributed by atoms with Crippen LogP contribution in [0.4, 0.5) is 4.79 Å². The highest BCUT2D eigenvalue weighted by molar-refractivity contribution is 5.85. The number of urea groups is 1. The summed E-state index contributed by atoms with van der Waals surface area (Å²) in [4.78, 5) is 28.2. The predicted molar refractivity (Wildman–Crippen MR) is 74.8 cm³/mol. The van der Waals surface area contributed by atoms with Gasteiger partial charge in [-0.25, -0.2) is 14.6 Å². The van der Waals surface area contributed by atoms with E-state index in [-0.39, 0.29) is 23.7 Å². The van der Waals surface area contributed by atoms with Crippen molar-refractivity contribution >= 4 is 12.0 Å². The average Bonchev–Trinajstić information content (AvgIpc) is 2.48. The van der Waals surface area contributed by atoms with Gasteiger partial charge in [-0.05, 0) is 24.0 Å². The molecule has 2 amide bonds. The molecule has 1 aromatic heterocycles. The maximum absolute atomic E-state index is 12.0. The number of aliphatic hydroxyl groups excluding tert-OH is 1. The van der Waals surface area contributed by atoms with Crippen molar-refractivity contribution in [2.45, 2.75) is 26.0 Å². The standard InChI is InChI=1S/C14H19N3O4/c1-9-8-17(5-4-12(9)18)14(21)16-7-10-2-3-11(13(19)20)15-6-10/h2-3,6,9,12,18H,4-5,7-8H2,1H3,(H,16,21)(H,19,20). The minimum atomic E-state index is -1.08. The Morgan fingerprint density at radius 1 is 1.48 bits per heavy atom. The van der Waals surface area contributed by atoms with Gasteiger partial charge in [-0.1, -0.05) is 13.0 Å². The first kappa shape index (κ1) is 15.2. The van der Waals surface area contributed by atoms with Crippen molar-refractivity contribution < 1.29 is 19.8 Å². The smallest absolute Gasteiger partial charge is 0.354 e. The molecule has 0 radical (unpaired) electrons. The van der Waals surface area contributed by atoms with E-state index in [1.807, 2.05) is 6.92 Å². The summed E-state index contributed by atoms with van der Waals surface area (Å²) in [5, 5.41) is 21.2. The molecule has 114 valence electrons. The van der Waals surface area contributed by atoms with Gasteiger partial charge in [0, 0.05) is 25.8 Å². The molecule has 21 heavy (non-hydrogen) atoms. The van der Waals surface area contributed by atoms with Crippen LogP contribution in [0.5, 0.6) is 0 Å². The van der Waals surface area contributed by atoms with Crippen LogP contribution < -0.4 is 5.32 Å². The van der Waals surface area contributed by atoms with E-state index in [0.29, 0.717) is 26.1 Å². The Morgan fingerprint density at radius 2 is 2.24 bits per heavy atom. The van der Waals surface area contributed by atoms with Gasteiger partial charge >= 0.3 is 12.0 Å². The van der Waals surface area contributed by atoms with Crippen molar-refractivity contribution in [2.75, 3.05) is 13.1 Å². The number of aromatic carboxylic acids is 1. The minimum absolute atomic E-state index is 0.0241. The van der Waals surface area contributed by atoms with Gasteiger partial charge in [0.05, 0.1) is 6.10 Å². The zero-order valence-electron chi connectivity index (χ0n) is 11.8. The number of aliphatic hydroxyl groups is 1. The number of likely N-dealkylation sites (tertiary alicyclic amines) is 1.